The van der Waals surface area contributed by atoms with Crippen LogP contribution in [0.2, 0.25) is 0 Å². The van der Waals surface area contributed by atoms with Crippen LogP contribution in [0, 0.1) is 0 Å². The molecule has 3 rings (SSSR count). The number of ether oxygens (including phenoxy) is 1. The second kappa shape index (κ2) is 7.53. The van der Waals surface area contributed by atoms with Crippen LogP contribution in [-0.4, -0.2) is 30.2 Å². The van der Waals surface area contributed by atoms with Gasteiger partial charge in [0.25, 0.3) is 0 Å². The maximum atomic E-state index is 5.12. The second-order valence-corrected chi connectivity index (χ2v) is 6.47. The van der Waals surface area contributed by atoms with Crippen LogP contribution >= 0.6 is 11.3 Å². The summed E-state index contributed by atoms with van der Waals surface area (Å²) in [6, 6.07) is 12.5. The summed E-state index contributed by atoms with van der Waals surface area (Å²) in [5, 5.41) is 4.49. The van der Waals surface area contributed by atoms with Gasteiger partial charge < -0.3 is 10.1 Å². The molecule has 0 unspecified atom stereocenters. The number of fused-ring (bicyclic) bond motifs is 1. The number of thiophene rings is 1. The molecule has 0 atom stereocenters. The first-order valence-electron chi connectivity index (χ1n) is 7.86. The van der Waals surface area contributed by atoms with Crippen molar-refractivity contribution in [1.82, 2.24) is 9.97 Å². The Kier molecular flexibility index (Phi) is 5.20. The molecule has 0 radical (unpaired) electrons. The van der Waals surface area contributed by atoms with Crippen molar-refractivity contribution in [2.75, 3.05) is 25.6 Å². The number of nitrogens with zero attached hydrogens (tertiary/aromatic N) is 2. The number of anilines is 1. The Balaban J connectivity index is 1.94. The number of rotatable bonds is 7. The van der Waals surface area contributed by atoms with Crippen LogP contribution < -0.4 is 5.32 Å². The predicted octanol–water partition coefficient (Wildman–Crippen LogP) is 3.90. The van der Waals surface area contributed by atoms with Crippen molar-refractivity contribution >= 4 is 27.4 Å². The molecular weight excluding hydrogens is 306 g/mol. The molecule has 2 heterocycles. The van der Waals surface area contributed by atoms with E-state index in [2.05, 4.69) is 30.4 Å². The minimum atomic E-state index is 0.657. The Morgan fingerprint density at radius 1 is 1.17 bits per heavy atom. The van der Waals surface area contributed by atoms with E-state index in [0.29, 0.717) is 6.61 Å². The Bertz CT molecular complexity index is 771. The summed E-state index contributed by atoms with van der Waals surface area (Å²) in [6.45, 7) is 3.57. The quantitative estimate of drug-likeness (QED) is 0.669. The van der Waals surface area contributed by atoms with Crippen LogP contribution in [0.4, 0.5) is 5.82 Å². The van der Waals surface area contributed by atoms with Crippen LogP contribution in [0.3, 0.4) is 0 Å². The van der Waals surface area contributed by atoms with Crippen LogP contribution in [0.15, 0.2) is 36.4 Å². The summed E-state index contributed by atoms with van der Waals surface area (Å²) in [6.07, 6.45) is 1.77. The van der Waals surface area contributed by atoms with Gasteiger partial charge >= 0.3 is 0 Å². The van der Waals surface area contributed by atoms with Gasteiger partial charge in [-0.25, -0.2) is 9.97 Å². The van der Waals surface area contributed by atoms with Gasteiger partial charge in [0.2, 0.25) is 0 Å². The summed E-state index contributed by atoms with van der Waals surface area (Å²) in [4.78, 5) is 11.9. The zero-order chi connectivity index (χ0) is 16.1. The van der Waals surface area contributed by atoms with E-state index in [0.717, 1.165) is 41.2 Å². The van der Waals surface area contributed by atoms with E-state index < -0.39 is 0 Å². The molecule has 23 heavy (non-hydrogen) atoms. The molecule has 4 nitrogen and oxygen atoms in total. The SMILES string of the molecule is CCc1cc2c(NCCOC)nc(Cc3ccccc3)nc2s1. The topological polar surface area (TPSA) is 47.0 Å². The fraction of sp³-hybridized carbons (Fsp3) is 0.333. The standard InChI is InChI=1S/C18H21N3OS/c1-3-14-12-15-17(19-9-10-22-2)20-16(21-18(15)23-14)11-13-7-5-4-6-8-13/h4-8,12H,3,9-11H2,1-2H3,(H,19,20,21). The molecule has 0 aliphatic carbocycles. The molecule has 2 aromatic heterocycles. The number of hydrogen-bond donors (Lipinski definition) is 1. The Morgan fingerprint density at radius 3 is 2.74 bits per heavy atom. The van der Waals surface area contributed by atoms with Crippen molar-refractivity contribution in [2.24, 2.45) is 0 Å². The maximum absolute atomic E-state index is 5.12. The normalized spacial score (nSPS) is 11.0. The van der Waals surface area contributed by atoms with Crippen molar-refractivity contribution in [2.45, 2.75) is 19.8 Å². The summed E-state index contributed by atoms with van der Waals surface area (Å²) in [7, 11) is 1.71. The zero-order valence-electron chi connectivity index (χ0n) is 13.5. The van der Waals surface area contributed by atoms with Gasteiger partial charge in [0, 0.05) is 25.0 Å². The van der Waals surface area contributed by atoms with E-state index in [-0.39, 0.29) is 0 Å². The van der Waals surface area contributed by atoms with E-state index in [1.807, 2.05) is 18.2 Å². The monoisotopic (exact) mass is 327 g/mol. The van der Waals surface area contributed by atoms with Crippen molar-refractivity contribution in [1.29, 1.82) is 0 Å². The van der Waals surface area contributed by atoms with Gasteiger partial charge in [-0.3, -0.25) is 0 Å². The van der Waals surface area contributed by atoms with Crippen LogP contribution in [0.5, 0.6) is 0 Å². The fourth-order valence-electron chi connectivity index (χ4n) is 2.45. The summed E-state index contributed by atoms with van der Waals surface area (Å²) >= 11 is 1.75. The lowest BCUT2D eigenvalue weighted by Gasteiger charge is -2.08. The first-order valence-corrected chi connectivity index (χ1v) is 8.68. The second-order valence-electron chi connectivity index (χ2n) is 5.36. The number of aryl methyl sites for hydroxylation is 1. The molecule has 5 heteroatoms. The van der Waals surface area contributed by atoms with Gasteiger partial charge in [0.15, 0.2) is 0 Å². The highest BCUT2D eigenvalue weighted by atomic mass is 32.1. The molecule has 0 aliphatic rings. The van der Waals surface area contributed by atoms with Gasteiger partial charge in [-0.1, -0.05) is 37.3 Å². The van der Waals surface area contributed by atoms with Gasteiger partial charge in [0.1, 0.15) is 16.5 Å². The van der Waals surface area contributed by atoms with Gasteiger partial charge in [0.05, 0.1) is 12.0 Å². The third-order valence-electron chi connectivity index (χ3n) is 3.64. The van der Waals surface area contributed by atoms with Crippen molar-refractivity contribution in [3.63, 3.8) is 0 Å². The zero-order valence-corrected chi connectivity index (χ0v) is 14.3. The highest BCUT2D eigenvalue weighted by Gasteiger charge is 2.11. The number of aromatic nitrogens is 2. The molecule has 0 aliphatic heterocycles. The molecule has 0 bridgehead atoms. The Hall–Kier alpha value is -1.98. The molecule has 3 aromatic rings. The minimum absolute atomic E-state index is 0.657. The van der Waals surface area contributed by atoms with E-state index in [1.165, 1.54) is 10.4 Å². The number of benzene rings is 1. The van der Waals surface area contributed by atoms with E-state index >= 15 is 0 Å². The first kappa shape index (κ1) is 15.9. The lowest BCUT2D eigenvalue weighted by Crippen LogP contribution is -2.10. The molecule has 0 spiro atoms. The van der Waals surface area contributed by atoms with Crippen molar-refractivity contribution < 1.29 is 4.74 Å². The van der Waals surface area contributed by atoms with Gasteiger partial charge in [-0.2, -0.15) is 0 Å². The van der Waals surface area contributed by atoms with Gasteiger partial charge in [-0.15, -0.1) is 11.3 Å². The Morgan fingerprint density at radius 2 is 2.00 bits per heavy atom. The van der Waals surface area contributed by atoms with Crippen LogP contribution in [-0.2, 0) is 17.6 Å². The Labute approximate surface area is 140 Å². The molecule has 0 saturated carbocycles. The third-order valence-corrected chi connectivity index (χ3v) is 4.82. The van der Waals surface area contributed by atoms with E-state index in [1.54, 1.807) is 18.4 Å². The molecule has 0 saturated heterocycles. The molecule has 0 amide bonds. The lowest BCUT2D eigenvalue weighted by molar-refractivity contribution is 0.210. The molecular formula is C18H21N3OS. The largest absolute Gasteiger partial charge is 0.383 e. The van der Waals surface area contributed by atoms with E-state index in [9.17, 15) is 0 Å². The predicted molar refractivity (Wildman–Crippen MR) is 96.4 cm³/mol. The maximum Gasteiger partial charge on any atom is 0.138 e. The van der Waals surface area contributed by atoms with Crippen LogP contribution in [0.1, 0.15) is 23.2 Å². The first-order chi connectivity index (χ1) is 11.3. The lowest BCUT2D eigenvalue weighted by atomic mass is 10.1. The molecule has 1 aromatic carbocycles. The third kappa shape index (κ3) is 3.86. The van der Waals surface area contributed by atoms with Crippen molar-refractivity contribution in [3.05, 3.63) is 52.7 Å². The molecule has 1 N–H and O–H groups in total. The summed E-state index contributed by atoms with van der Waals surface area (Å²) < 4.78 is 5.12. The average Bonchev–Trinajstić information content (AvgIpc) is 2.99. The van der Waals surface area contributed by atoms with Crippen molar-refractivity contribution in [3.8, 4) is 0 Å². The number of hydrogen-bond acceptors (Lipinski definition) is 5. The fourth-order valence-corrected chi connectivity index (χ4v) is 3.44. The highest BCUT2D eigenvalue weighted by Crippen LogP contribution is 2.29. The van der Waals surface area contributed by atoms with Crippen LogP contribution in [0.25, 0.3) is 10.2 Å². The molecule has 0 fully saturated rings. The molecule has 120 valence electrons. The van der Waals surface area contributed by atoms with E-state index in [4.69, 9.17) is 14.7 Å². The number of nitrogens with one attached hydrogen (secondary N) is 1. The highest BCUT2D eigenvalue weighted by molar-refractivity contribution is 7.18. The summed E-state index contributed by atoms with van der Waals surface area (Å²) in [5.74, 6) is 1.77. The summed E-state index contributed by atoms with van der Waals surface area (Å²) in [5.41, 5.74) is 1.22. The minimum Gasteiger partial charge on any atom is -0.383 e. The smallest absolute Gasteiger partial charge is 0.138 e. The average molecular weight is 327 g/mol. The van der Waals surface area contributed by atoms with Gasteiger partial charge in [-0.05, 0) is 18.1 Å². The number of methoxy groups -OCH3 is 1.